The molecule has 0 radical (unpaired) electrons. The van der Waals surface area contributed by atoms with Crippen molar-refractivity contribution in [3.05, 3.63) is 118 Å². The van der Waals surface area contributed by atoms with Crippen LogP contribution in [0.4, 0.5) is 4.39 Å². The lowest BCUT2D eigenvalue weighted by atomic mass is 10.00. The number of hydrogen-bond acceptors (Lipinski definition) is 4. The largest absolute Gasteiger partial charge is 0.349 e. The van der Waals surface area contributed by atoms with Crippen molar-refractivity contribution in [3.8, 4) is 34.4 Å². The minimum atomic E-state index is -0.307. The summed E-state index contributed by atoms with van der Waals surface area (Å²) >= 11 is 5.98. The lowest BCUT2D eigenvalue weighted by Crippen LogP contribution is -2.34. The number of amides is 2. The molecule has 2 aromatic heterocycles. The molecule has 4 heterocycles. The van der Waals surface area contributed by atoms with Gasteiger partial charge in [-0.3, -0.25) is 9.59 Å². The summed E-state index contributed by atoms with van der Waals surface area (Å²) in [4.78, 5) is 24.1. The van der Waals surface area contributed by atoms with Gasteiger partial charge in [-0.25, -0.2) is 4.39 Å². The first-order valence-electron chi connectivity index (χ1n) is 14.6. The van der Waals surface area contributed by atoms with Crippen LogP contribution in [0.1, 0.15) is 32.1 Å². The molecule has 2 aliphatic rings. The molecular weight excluding hydrogens is 603 g/mol. The third-order valence-electron chi connectivity index (χ3n) is 8.26. The molecule has 0 aliphatic carbocycles. The van der Waals surface area contributed by atoms with Crippen LogP contribution in [0.25, 0.3) is 44.1 Å². The predicted molar refractivity (Wildman–Crippen MR) is 174 cm³/mol. The summed E-state index contributed by atoms with van der Waals surface area (Å²) in [6.07, 6.45) is 0. The van der Waals surface area contributed by atoms with E-state index in [1.54, 1.807) is 30.3 Å². The number of nitriles is 2. The molecule has 224 valence electrons. The lowest BCUT2D eigenvalue weighted by molar-refractivity contribution is 0.0921. The molecule has 8 nitrogen and oxygen atoms in total. The van der Waals surface area contributed by atoms with Gasteiger partial charge in [0.15, 0.2) is 0 Å². The number of carbonyl (C=O) groups is 2. The number of rotatable bonds is 2. The van der Waals surface area contributed by atoms with Crippen molar-refractivity contribution in [2.75, 3.05) is 13.1 Å². The lowest BCUT2D eigenvalue weighted by Gasteiger charge is -2.18. The summed E-state index contributed by atoms with van der Waals surface area (Å²) in [6, 6.07) is 28.9. The van der Waals surface area contributed by atoms with Crippen molar-refractivity contribution < 1.29 is 14.0 Å². The highest BCUT2D eigenvalue weighted by Crippen LogP contribution is 2.35. The van der Waals surface area contributed by atoms with E-state index in [9.17, 15) is 24.5 Å². The molecule has 0 atom stereocenters. The van der Waals surface area contributed by atoms with Crippen LogP contribution in [0.5, 0.6) is 0 Å². The predicted octanol–water partition coefficient (Wildman–Crippen LogP) is 6.64. The molecule has 0 bridgehead atoms. The fraction of sp³-hybridized carbons (Fsp3) is 0.111. The Bertz CT molecular complexity index is 2130. The van der Waals surface area contributed by atoms with E-state index in [0.717, 1.165) is 50.6 Å². The third kappa shape index (κ3) is 5.03. The Hall–Kier alpha value is -5.90. The Morgan fingerprint density at radius 3 is 1.52 bits per heavy atom. The molecule has 0 fully saturated rings. The van der Waals surface area contributed by atoms with E-state index in [2.05, 4.69) is 22.8 Å². The van der Waals surface area contributed by atoms with Crippen LogP contribution >= 0.6 is 11.6 Å². The highest BCUT2D eigenvalue weighted by Gasteiger charge is 2.23. The van der Waals surface area contributed by atoms with Crippen LogP contribution in [0.2, 0.25) is 5.02 Å². The van der Waals surface area contributed by atoms with Crippen molar-refractivity contribution >= 4 is 45.2 Å². The summed E-state index contributed by atoms with van der Waals surface area (Å²) in [5, 5.41) is 26.7. The van der Waals surface area contributed by atoms with Crippen LogP contribution < -0.4 is 10.6 Å². The molecule has 6 aromatic rings. The van der Waals surface area contributed by atoms with Crippen molar-refractivity contribution in [2.24, 2.45) is 0 Å². The van der Waals surface area contributed by atoms with E-state index in [1.165, 1.54) is 12.1 Å². The Balaban J connectivity index is 0.000000147. The second-order valence-corrected chi connectivity index (χ2v) is 11.5. The third-order valence-corrected chi connectivity index (χ3v) is 8.51. The number of halogens is 2. The molecule has 2 N–H and O–H groups in total. The van der Waals surface area contributed by atoms with Gasteiger partial charge < -0.3 is 19.8 Å². The molecule has 0 spiro atoms. The fourth-order valence-electron chi connectivity index (χ4n) is 6.24. The van der Waals surface area contributed by atoms with E-state index in [1.807, 2.05) is 51.6 Å². The molecule has 0 saturated carbocycles. The van der Waals surface area contributed by atoms with Gasteiger partial charge in [0.1, 0.15) is 17.2 Å². The quantitative estimate of drug-likeness (QED) is 0.224. The average Bonchev–Trinajstić information content (AvgIpc) is 3.65. The normalized spacial score (nSPS) is 13.5. The maximum Gasteiger partial charge on any atom is 0.268 e. The van der Waals surface area contributed by atoms with Gasteiger partial charge in [-0.15, -0.1) is 0 Å². The molecule has 4 aromatic carbocycles. The topological polar surface area (TPSA) is 116 Å². The van der Waals surface area contributed by atoms with E-state index in [4.69, 9.17) is 11.6 Å². The van der Waals surface area contributed by atoms with Gasteiger partial charge in [0.25, 0.3) is 11.8 Å². The van der Waals surface area contributed by atoms with Gasteiger partial charge in [-0.2, -0.15) is 10.5 Å². The molecular formula is C36H24ClFN6O2. The molecule has 2 amide bonds. The van der Waals surface area contributed by atoms with Gasteiger partial charge in [0.05, 0.1) is 34.3 Å². The van der Waals surface area contributed by atoms with Crippen LogP contribution in [0.3, 0.4) is 0 Å². The van der Waals surface area contributed by atoms with Crippen molar-refractivity contribution in [3.63, 3.8) is 0 Å². The zero-order valence-corrected chi connectivity index (χ0v) is 25.0. The summed E-state index contributed by atoms with van der Waals surface area (Å²) in [6.45, 7) is 2.57. The number of aromatic nitrogens is 2. The number of benzene rings is 4. The first-order chi connectivity index (χ1) is 22.3. The standard InChI is InChI=1S/C18H12ClN3O.C18H12FN3O/c2*19-14-3-1-12(2-4-14)15-8-11(10-20)7-13-9-16-18(23)21-5-6-22(16)17(13)15/h2*1-4,7-9H,5-6H2,(H,21,23). The van der Waals surface area contributed by atoms with Gasteiger partial charge in [-0.05, 0) is 71.8 Å². The second-order valence-electron chi connectivity index (χ2n) is 11.0. The smallest absolute Gasteiger partial charge is 0.268 e. The minimum absolute atomic E-state index is 0.0759. The highest BCUT2D eigenvalue weighted by atomic mass is 35.5. The monoisotopic (exact) mass is 626 g/mol. The van der Waals surface area contributed by atoms with E-state index in [-0.39, 0.29) is 17.6 Å². The van der Waals surface area contributed by atoms with Crippen LogP contribution in [-0.4, -0.2) is 34.0 Å². The van der Waals surface area contributed by atoms with E-state index < -0.39 is 0 Å². The number of fused-ring (bicyclic) bond motifs is 6. The molecule has 10 heteroatoms. The number of nitrogens with zero attached hydrogens (tertiary/aromatic N) is 4. The zero-order valence-electron chi connectivity index (χ0n) is 24.3. The fourth-order valence-corrected chi connectivity index (χ4v) is 6.37. The first kappa shape index (κ1) is 28.8. The van der Waals surface area contributed by atoms with Crippen molar-refractivity contribution in [1.29, 1.82) is 10.5 Å². The number of nitrogens with one attached hydrogen (secondary N) is 2. The van der Waals surface area contributed by atoms with Crippen LogP contribution in [0.15, 0.2) is 84.9 Å². The van der Waals surface area contributed by atoms with E-state index in [0.29, 0.717) is 47.2 Å². The van der Waals surface area contributed by atoms with E-state index >= 15 is 0 Å². The molecule has 46 heavy (non-hydrogen) atoms. The minimum Gasteiger partial charge on any atom is -0.349 e. The first-order valence-corrected chi connectivity index (χ1v) is 15.0. The summed E-state index contributed by atoms with van der Waals surface area (Å²) in [5.74, 6) is -0.498. The SMILES string of the molecule is N#Cc1cc(-c2ccc(Cl)cc2)c2c(c1)cc1n2CCNC1=O.N#Cc1cc(-c2ccc(F)cc2)c2c(c1)cc1n2CCNC1=O. The molecule has 2 aliphatic heterocycles. The van der Waals surface area contributed by atoms with Crippen LogP contribution in [0, 0.1) is 28.5 Å². The maximum absolute atomic E-state index is 13.2. The summed E-state index contributed by atoms with van der Waals surface area (Å²) in [7, 11) is 0. The van der Waals surface area contributed by atoms with Crippen molar-refractivity contribution in [2.45, 2.75) is 13.1 Å². The van der Waals surface area contributed by atoms with Gasteiger partial charge >= 0.3 is 0 Å². The maximum atomic E-state index is 13.2. The Kier molecular flexibility index (Phi) is 7.24. The summed E-state index contributed by atoms with van der Waals surface area (Å²) < 4.78 is 17.2. The van der Waals surface area contributed by atoms with Crippen LogP contribution in [-0.2, 0) is 13.1 Å². The Morgan fingerprint density at radius 2 is 1.09 bits per heavy atom. The zero-order chi connectivity index (χ0) is 31.9. The Labute approximate surface area is 267 Å². The summed E-state index contributed by atoms with van der Waals surface area (Å²) in [5.41, 5.74) is 7.77. The van der Waals surface area contributed by atoms with Gasteiger partial charge in [0, 0.05) is 53.1 Å². The molecule has 0 unspecified atom stereocenters. The molecule has 0 saturated heterocycles. The van der Waals surface area contributed by atoms with Crippen molar-refractivity contribution in [1.82, 2.24) is 19.8 Å². The average molecular weight is 627 g/mol. The highest BCUT2D eigenvalue weighted by molar-refractivity contribution is 6.30. The number of carbonyl (C=O) groups excluding carboxylic acids is 2. The van der Waals surface area contributed by atoms with Gasteiger partial charge in [0.2, 0.25) is 0 Å². The number of hydrogen-bond donors (Lipinski definition) is 2. The Morgan fingerprint density at radius 1 is 0.652 bits per heavy atom. The molecule has 8 rings (SSSR count). The van der Waals surface area contributed by atoms with Gasteiger partial charge in [-0.1, -0.05) is 35.9 Å². The second kappa shape index (κ2) is 11.6.